The molecule has 0 radical (unpaired) electrons. The summed E-state index contributed by atoms with van der Waals surface area (Å²) in [5.74, 6) is 0. The van der Waals surface area contributed by atoms with Gasteiger partial charge in [0.25, 0.3) is 0 Å². The first-order valence-electron chi connectivity index (χ1n) is 4.79. The van der Waals surface area contributed by atoms with Crippen LogP contribution in [0.25, 0.3) is 0 Å². The van der Waals surface area contributed by atoms with E-state index in [1.165, 1.54) is 0 Å². The van der Waals surface area contributed by atoms with Gasteiger partial charge in [-0.15, -0.1) is 0 Å². The molecule has 0 spiro atoms. The molecule has 1 aromatic rings. The molecule has 1 aromatic heterocycles. The van der Waals surface area contributed by atoms with Crippen molar-refractivity contribution in [1.82, 2.24) is 4.98 Å². The lowest BCUT2D eigenvalue weighted by Gasteiger charge is -2.29. The van der Waals surface area contributed by atoms with Gasteiger partial charge in [0.15, 0.2) is 7.38 Å². The summed E-state index contributed by atoms with van der Waals surface area (Å²) >= 11 is 6.15. The molecule has 0 atom stereocenters. The Morgan fingerprint density at radius 3 is 1.43 bits per heavy atom. The van der Waals surface area contributed by atoms with Crippen molar-refractivity contribution in [2.75, 3.05) is 0 Å². The minimum absolute atomic E-state index is 0.342. The minimum Gasteiger partial charge on any atom is -0.265 e. The second-order valence-corrected chi connectivity index (χ2v) is 12.0. The molecule has 80 valence electrons. The quantitative estimate of drug-likeness (QED) is 0.477. The molecule has 0 fully saturated rings. The number of pyridine rings is 1. The third-order valence-corrected chi connectivity index (χ3v) is 7.62. The lowest BCUT2D eigenvalue weighted by molar-refractivity contribution is 0.735. The van der Waals surface area contributed by atoms with Crippen LogP contribution in [0.2, 0.25) is 18.1 Å². The average molecular weight is 230 g/mol. The van der Waals surface area contributed by atoms with Gasteiger partial charge in [-0.1, -0.05) is 39.9 Å². The van der Waals surface area contributed by atoms with E-state index < -0.39 is 7.38 Å². The zero-order valence-electron chi connectivity index (χ0n) is 9.71. The fourth-order valence-corrected chi connectivity index (χ4v) is 0.313. The molecule has 0 aromatic carbocycles. The zero-order valence-corrected chi connectivity index (χ0v) is 11.5. The van der Waals surface area contributed by atoms with Crippen LogP contribution in [0.3, 0.4) is 0 Å². The highest BCUT2D eigenvalue weighted by Crippen LogP contribution is 2.38. The van der Waals surface area contributed by atoms with Crippen LogP contribution in [0.15, 0.2) is 30.6 Å². The maximum absolute atomic E-state index is 6.15. The Labute approximate surface area is 93.2 Å². The average Bonchev–Trinajstić information content (AvgIpc) is 2.05. The minimum atomic E-state index is -1.39. The van der Waals surface area contributed by atoms with Gasteiger partial charge in [-0.3, -0.25) is 4.98 Å². The van der Waals surface area contributed by atoms with E-state index in [2.05, 4.69) is 38.8 Å². The van der Waals surface area contributed by atoms with Crippen molar-refractivity contribution >= 4 is 18.5 Å². The van der Waals surface area contributed by atoms with Gasteiger partial charge in [0, 0.05) is 12.4 Å². The molecule has 0 amide bonds. The van der Waals surface area contributed by atoms with E-state index in [0.717, 1.165) is 0 Å². The number of hydrogen-bond donors (Lipinski definition) is 0. The Morgan fingerprint density at radius 2 is 1.36 bits per heavy atom. The van der Waals surface area contributed by atoms with E-state index in [0.29, 0.717) is 5.04 Å². The Morgan fingerprint density at radius 1 is 1.00 bits per heavy atom. The summed E-state index contributed by atoms with van der Waals surface area (Å²) in [5.41, 5.74) is 0. The highest BCUT2D eigenvalue weighted by Gasteiger charge is 2.32. The van der Waals surface area contributed by atoms with Crippen molar-refractivity contribution in [3.63, 3.8) is 0 Å². The predicted molar refractivity (Wildman–Crippen MR) is 67.3 cm³/mol. The Hall–Kier alpha value is -0.343. The van der Waals surface area contributed by atoms with E-state index in [9.17, 15) is 0 Å². The van der Waals surface area contributed by atoms with E-state index >= 15 is 0 Å². The SMILES string of the molecule is CC(C)(C)[Si](C)(C)Cl.c1ccncc1. The van der Waals surface area contributed by atoms with Crippen LogP contribution in [0.1, 0.15) is 20.8 Å². The van der Waals surface area contributed by atoms with Crippen LogP contribution in [0.5, 0.6) is 0 Å². The van der Waals surface area contributed by atoms with E-state index in [4.69, 9.17) is 11.1 Å². The Bertz CT molecular complexity index is 197. The van der Waals surface area contributed by atoms with Crippen molar-refractivity contribution in [3.8, 4) is 0 Å². The predicted octanol–water partition coefficient (Wildman–Crippen LogP) is 4.31. The normalized spacial score (nSPS) is 11.6. The molecule has 14 heavy (non-hydrogen) atoms. The van der Waals surface area contributed by atoms with Crippen LogP contribution in [0, 0.1) is 0 Å². The molecule has 3 heteroatoms. The molecule has 0 N–H and O–H groups in total. The van der Waals surface area contributed by atoms with Gasteiger partial charge < -0.3 is 0 Å². The molecule has 1 heterocycles. The summed E-state index contributed by atoms with van der Waals surface area (Å²) in [4.78, 5) is 3.78. The fourth-order valence-electron chi connectivity index (χ4n) is 0.313. The van der Waals surface area contributed by atoms with E-state index in [1.807, 2.05) is 18.2 Å². The van der Waals surface area contributed by atoms with Crippen LogP contribution >= 0.6 is 11.1 Å². The second-order valence-electron chi connectivity index (χ2n) is 4.75. The van der Waals surface area contributed by atoms with Gasteiger partial charge in [-0.2, -0.15) is 11.1 Å². The highest BCUT2D eigenvalue weighted by atomic mass is 35.6. The van der Waals surface area contributed by atoms with Gasteiger partial charge >= 0.3 is 0 Å². The highest BCUT2D eigenvalue weighted by molar-refractivity contribution is 7.20. The molecule has 1 nitrogen and oxygen atoms in total. The van der Waals surface area contributed by atoms with Gasteiger partial charge in [0.05, 0.1) is 0 Å². The van der Waals surface area contributed by atoms with Crippen LogP contribution in [-0.4, -0.2) is 12.4 Å². The molecule has 0 saturated heterocycles. The number of halogens is 1. The Balaban J connectivity index is 0.000000249. The molecular formula is C11H20ClNSi. The molecule has 1 rings (SSSR count). The largest absolute Gasteiger partial charge is 0.265 e. The summed E-state index contributed by atoms with van der Waals surface area (Å²) in [6, 6.07) is 5.72. The second kappa shape index (κ2) is 5.52. The van der Waals surface area contributed by atoms with Crippen LogP contribution in [0.4, 0.5) is 0 Å². The Kier molecular flexibility index (Phi) is 5.38. The molecular weight excluding hydrogens is 210 g/mol. The molecule has 0 bridgehead atoms. The van der Waals surface area contributed by atoms with Crippen LogP contribution < -0.4 is 0 Å². The fraction of sp³-hybridized carbons (Fsp3) is 0.545. The van der Waals surface area contributed by atoms with Gasteiger partial charge in [-0.25, -0.2) is 0 Å². The topological polar surface area (TPSA) is 12.9 Å². The van der Waals surface area contributed by atoms with Crippen molar-refractivity contribution in [1.29, 1.82) is 0 Å². The van der Waals surface area contributed by atoms with Crippen molar-refractivity contribution in [3.05, 3.63) is 30.6 Å². The smallest absolute Gasteiger partial charge is 0.155 e. The summed E-state index contributed by atoms with van der Waals surface area (Å²) in [6.07, 6.45) is 3.50. The van der Waals surface area contributed by atoms with Crippen molar-refractivity contribution in [2.24, 2.45) is 0 Å². The molecule has 0 saturated carbocycles. The monoisotopic (exact) mass is 229 g/mol. The first kappa shape index (κ1) is 13.7. The lowest BCUT2D eigenvalue weighted by Crippen LogP contribution is -2.29. The summed E-state index contributed by atoms with van der Waals surface area (Å²) in [7, 11) is -1.39. The third kappa shape index (κ3) is 6.16. The van der Waals surface area contributed by atoms with Crippen molar-refractivity contribution < 1.29 is 0 Å². The van der Waals surface area contributed by atoms with Gasteiger partial charge in [-0.05, 0) is 17.2 Å². The number of aromatic nitrogens is 1. The summed E-state index contributed by atoms with van der Waals surface area (Å²) in [6.45, 7) is 11.0. The standard InChI is InChI=1S/C6H15ClSi.C5H5N/c1-6(2,3)8(4,5)7;1-2-4-6-5-3-1/h1-5H3;1-5H. The number of nitrogens with zero attached hydrogens (tertiary/aromatic N) is 1. The first-order valence-corrected chi connectivity index (χ1v) is 8.80. The maximum atomic E-state index is 6.15. The van der Waals surface area contributed by atoms with E-state index in [-0.39, 0.29) is 0 Å². The zero-order chi connectivity index (χ0) is 11.2. The molecule has 0 aliphatic heterocycles. The first-order chi connectivity index (χ1) is 6.25. The van der Waals surface area contributed by atoms with Gasteiger partial charge in [0.1, 0.15) is 0 Å². The lowest BCUT2D eigenvalue weighted by atomic mass is 10.2. The van der Waals surface area contributed by atoms with E-state index in [1.54, 1.807) is 12.4 Å². The third-order valence-electron chi connectivity index (χ3n) is 2.35. The summed E-state index contributed by atoms with van der Waals surface area (Å²) < 4.78 is 0. The number of hydrogen-bond acceptors (Lipinski definition) is 1. The van der Waals surface area contributed by atoms with Crippen molar-refractivity contribution in [2.45, 2.75) is 38.9 Å². The van der Waals surface area contributed by atoms with Gasteiger partial charge in [0.2, 0.25) is 0 Å². The van der Waals surface area contributed by atoms with Crippen LogP contribution in [-0.2, 0) is 0 Å². The molecule has 0 unspecified atom stereocenters. The number of rotatable bonds is 0. The maximum Gasteiger partial charge on any atom is 0.155 e. The molecule has 0 aliphatic rings. The summed E-state index contributed by atoms with van der Waals surface area (Å²) in [5, 5.41) is 0.342. The molecule has 0 aliphatic carbocycles.